The van der Waals surface area contributed by atoms with Crippen LogP contribution in [-0.2, 0) is 6.54 Å². The SMILES string of the molecule is CCOc1ccccc1-n1c(CN2CCCN(C)CC2)nc2cnccc2c1=O. The van der Waals surface area contributed by atoms with Crippen molar-refractivity contribution in [1.82, 2.24) is 24.3 Å². The van der Waals surface area contributed by atoms with Gasteiger partial charge in [0.15, 0.2) is 0 Å². The third-order valence-corrected chi connectivity index (χ3v) is 5.32. The molecule has 3 aromatic rings. The van der Waals surface area contributed by atoms with Crippen LogP contribution >= 0.6 is 0 Å². The Kier molecular flexibility index (Phi) is 5.87. The van der Waals surface area contributed by atoms with E-state index < -0.39 is 0 Å². The number of para-hydroxylation sites is 2. The maximum Gasteiger partial charge on any atom is 0.266 e. The zero-order valence-corrected chi connectivity index (χ0v) is 17.0. The highest BCUT2D eigenvalue weighted by molar-refractivity contribution is 5.76. The van der Waals surface area contributed by atoms with Crippen LogP contribution < -0.4 is 10.3 Å². The fourth-order valence-corrected chi connectivity index (χ4v) is 3.81. The van der Waals surface area contributed by atoms with Gasteiger partial charge in [0, 0.05) is 19.3 Å². The van der Waals surface area contributed by atoms with E-state index in [-0.39, 0.29) is 5.56 Å². The van der Waals surface area contributed by atoms with Crippen LogP contribution in [0.4, 0.5) is 0 Å². The van der Waals surface area contributed by atoms with Crippen LogP contribution in [-0.4, -0.2) is 64.2 Å². The molecule has 2 aromatic heterocycles. The normalized spacial score (nSPS) is 16.1. The lowest BCUT2D eigenvalue weighted by Gasteiger charge is -2.23. The average Bonchev–Trinajstić information content (AvgIpc) is 2.93. The number of pyridine rings is 1. The van der Waals surface area contributed by atoms with E-state index in [0.717, 1.165) is 38.3 Å². The molecule has 0 atom stereocenters. The summed E-state index contributed by atoms with van der Waals surface area (Å²) < 4.78 is 7.53. The molecule has 0 aliphatic carbocycles. The Balaban J connectivity index is 1.84. The minimum Gasteiger partial charge on any atom is -0.492 e. The van der Waals surface area contributed by atoms with Crippen molar-refractivity contribution in [3.05, 3.63) is 58.9 Å². The van der Waals surface area contributed by atoms with Crippen LogP contribution in [0.3, 0.4) is 0 Å². The molecule has 0 bridgehead atoms. The lowest BCUT2D eigenvalue weighted by molar-refractivity contribution is 0.261. The zero-order chi connectivity index (χ0) is 20.2. The van der Waals surface area contributed by atoms with Gasteiger partial charge in [-0.2, -0.15) is 0 Å². The van der Waals surface area contributed by atoms with E-state index in [4.69, 9.17) is 9.72 Å². The molecule has 1 aliphatic rings. The van der Waals surface area contributed by atoms with Crippen molar-refractivity contribution < 1.29 is 4.74 Å². The largest absolute Gasteiger partial charge is 0.492 e. The summed E-state index contributed by atoms with van der Waals surface area (Å²) in [4.78, 5) is 27.2. The van der Waals surface area contributed by atoms with Crippen LogP contribution in [0.1, 0.15) is 19.2 Å². The predicted octanol–water partition coefficient (Wildman–Crippen LogP) is 2.32. The molecule has 3 heterocycles. The van der Waals surface area contributed by atoms with Gasteiger partial charge in [0.25, 0.3) is 5.56 Å². The first-order valence-corrected chi connectivity index (χ1v) is 10.2. The van der Waals surface area contributed by atoms with Crippen molar-refractivity contribution in [2.45, 2.75) is 19.9 Å². The van der Waals surface area contributed by atoms with Gasteiger partial charge >= 0.3 is 0 Å². The molecule has 1 fully saturated rings. The molecule has 4 rings (SSSR count). The minimum absolute atomic E-state index is 0.0912. The average molecular weight is 393 g/mol. The monoisotopic (exact) mass is 393 g/mol. The van der Waals surface area contributed by atoms with Crippen LogP contribution in [0.25, 0.3) is 16.6 Å². The molecule has 0 amide bonds. The third kappa shape index (κ3) is 4.16. The number of hydrogen-bond donors (Lipinski definition) is 0. The van der Waals surface area contributed by atoms with E-state index in [9.17, 15) is 4.79 Å². The fraction of sp³-hybridized carbons (Fsp3) is 0.409. The Bertz CT molecular complexity index is 1050. The molecule has 0 N–H and O–H groups in total. The first-order valence-electron chi connectivity index (χ1n) is 10.2. The molecule has 7 heteroatoms. The Hall–Kier alpha value is -2.77. The zero-order valence-electron chi connectivity index (χ0n) is 17.0. The maximum absolute atomic E-state index is 13.5. The molecule has 0 spiro atoms. The number of fused-ring (bicyclic) bond motifs is 1. The van der Waals surface area contributed by atoms with Crippen LogP contribution in [0.15, 0.2) is 47.5 Å². The molecule has 0 saturated carbocycles. The number of rotatable bonds is 5. The molecule has 29 heavy (non-hydrogen) atoms. The van der Waals surface area contributed by atoms with Crippen molar-refractivity contribution in [2.75, 3.05) is 39.8 Å². The number of aromatic nitrogens is 3. The number of benzene rings is 1. The first-order chi connectivity index (χ1) is 14.2. The van der Waals surface area contributed by atoms with Gasteiger partial charge in [-0.1, -0.05) is 12.1 Å². The summed E-state index contributed by atoms with van der Waals surface area (Å²) in [5, 5.41) is 0.561. The van der Waals surface area contributed by atoms with Crippen LogP contribution in [0.2, 0.25) is 0 Å². The molecule has 1 aliphatic heterocycles. The summed E-state index contributed by atoms with van der Waals surface area (Å²) in [6.07, 6.45) is 4.40. The number of likely N-dealkylation sites (N-methyl/N-ethyl adjacent to an activating group) is 1. The summed E-state index contributed by atoms with van der Waals surface area (Å²) in [5.41, 5.74) is 1.27. The van der Waals surface area contributed by atoms with Crippen molar-refractivity contribution in [2.24, 2.45) is 0 Å². The number of ether oxygens (including phenoxy) is 1. The number of nitrogens with zero attached hydrogens (tertiary/aromatic N) is 5. The second kappa shape index (κ2) is 8.71. The molecule has 7 nitrogen and oxygen atoms in total. The highest BCUT2D eigenvalue weighted by Crippen LogP contribution is 2.24. The standard InChI is InChI=1S/C22H27N5O2/c1-3-29-20-8-5-4-7-19(20)27-21(16-26-12-6-11-25(2)13-14-26)24-18-15-23-10-9-17(18)22(27)28/h4-5,7-10,15H,3,6,11-14,16H2,1-2H3. The van der Waals surface area contributed by atoms with Gasteiger partial charge in [0.1, 0.15) is 11.6 Å². The molecule has 0 radical (unpaired) electrons. The van der Waals surface area contributed by atoms with Crippen molar-refractivity contribution in [3.8, 4) is 11.4 Å². The minimum atomic E-state index is -0.0912. The Morgan fingerprint density at radius 3 is 2.83 bits per heavy atom. The Morgan fingerprint density at radius 2 is 1.97 bits per heavy atom. The molecule has 1 saturated heterocycles. The quantitative estimate of drug-likeness (QED) is 0.663. The summed E-state index contributed by atoms with van der Waals surface area (Å²) in [7, 11) is 2.15. The van der Waals surface area contributed by atoms with Crippen LogP contribution in [0, 0.1) is 0 Å². The van der Waals surface area contributed by atoms with Gasteiger partial charge in [0.2, 0.25) is 0 Å². The highest BCUT2D eigenvalue weighted by Gasteiger charge is 2.19. The molecular formula is C22H27N5O2. The van der Waals surface area contributed by atoms with Gasteiger partial charge in [-0.25, -0.2) is 4.98 Å². The van der Waals surface area contributed by atoms with E-state index in [1.54, 1.807) is 23.0 Å². The van der Waals surface area contributed by atoms with E-state index in [1.165, 1.54) is 0 Å². The van der Waals surface area contributed by atoms with Crippen molar-refractivity contribution in [1.29, 1.82) is 0 Å². The smallest absolute Gasteiger partial charge is 0.266 e. The third-order valence-electron chi connectivity index (χ3n) is 5.32. The number of hydrogen-bond acceptors (Lipinski definition) is 6. The molecule has 152 valence electrons. The Morgan fingerprint density at radius 1 is 1.10 bits per heavy atom. The molecule has 0 unspecified atom stereocenters. The highest BCUT2D eigenvalue weighted by atomic mass is 16.5. The van der Waals surface area contributed by atoms with Gasteiger partial charge in [-0.3, -0.25) is 19.2 Å². The summed E-state index contributed by atoms with van der Waals surface area (Å²) in [6, 6.07) is 9.39. The fourth-order valence-electron chi connectivity index (χ4n) is 3.81. The first kappa shape index (κ1) is 19.5. The molecular weight excluding hydrogens is 366 g/mol. The van der Waals surface area contributed by atoms with E-state index in [0.29, 0.717) is 35.6 Å². The Labute approximate surface area is 170 Å². The summed E-state index contributed by atoms with van der Waals surface area (Å²) in [5.74, 6) is 1.40. The lowest BCUT2D eigenvalue weighted by Crippen LogP contribution is -2.33. The van der Waals surface area contributed by atoms with Gasteiger partial charge in [0.05, 0.1) is 35.9 Å². The van der Waals surface area contributed by atoms with E-state index in [1.807, 2.05) is 31.2 Å². The van der Waals surface area contributed by atoms with Gasteiger partial charge < -0.3 is 9.64 Å². The van der Waals surface area contributed by atoms with E-state index >= 15 is 0 Å². The van der Waals surface area contributed by atoms with Crippen molar-refractivity contribution >= 4 is 10.9 Å². The van der Waals surface area contributed by atoms with Gasteiger partial charge in [-0.05, 0) is 51.7 Å². The molecule has 1 aromatic carbocycles. The van der Waals surface area contributed by atoms with Crippen LogP contribution in [0.5, 0.6) is 5.75 Å². The maximum atomic E-state index is 13.5. The summed E-state index contributed by atoms with van der Waals surface area (Å²) in [6.45, 7) is 7.11. The predicted molar refractivity (Wildman–Crippen MR) is 114 cm³/mol. The topological polar surface area (TPSA) is 63.5 Å². The lowest BCUT2D eigenvalue weighted by atomic mass is 10.2. The van der Waals surface area contributed by atoms with Gasteiger partial charge in [-0.15, -0.1) is 0 Å². The van der Waals surface area contributed by atoms with E-state index in [2.05, 4.69) is 21.8 Å². The van der Waals surface area contributed by atoms with Crippen molar-refractivity contribution in [3.63, 3.8) is 0 Å². The second-order valence-corrected chi connectivity index (χ2v) is 7.40. The summed E-state index contributed by atoms with van der Waals surface area (Å²) >= 11 is 0. The second-order valence-electron chi connectivity index (χ2n) is 7.40.